The van der Waals surface area contributed by atoms with Crippen LogP contribution in [0.2, 0.25) is 0 Å². The van der Waals surface area contributed by atoms with E-state index in [0.717, 1.165) is 42.8 Å². The molecule has 0 amide bonds. The van der Waals surface area contributed by atoms with Gasteiger partial charge in [0.2, 0.25) is 0 Å². The summed E-state index contributed by atoms with van der Waals surface area (Å²) in [4.78, 5) is 13.2. The summed E-state index contributed by atoms with van der Waals surface area (Å²) >= 11 is 1.98. The van der Waals surface area contributed by atoms with Crippen LogP contribution < -0.4 is 9.80 Å². The summed E-state index contributed by atoms with van der Waals surface area (Å²) in [7, 11) is 0. The highest BCUT2D eigenvalue weighted by Gasteiger charge is 2.40. The molecule has 2 N–H and O–H groups in total. The highest BCUT2D eigenvalue weighted by Crippen LogP contribution is 2.33. The molecule has 2 fully saturated rings. The zero-order valence-corrected chi connectivity index (χ0v) is 13.5. The van der Waals surface area contributed by atoms with E-state index in [9.17, 15) is 5.11 Å². The lowest BCUT2D eigenvalue weighted by atomic mass is 10.0. The molecule has 0 unspecified atom stereocenters. The Morgan fingerprint density at radius 3 is 2.65 bits per heavy atom. The van der Waals surface area contributed by atoms with Crippen molar-refractivity contribution in [2.24, 2.45) is 0 Å². The predicted octanol–water partition coefficient (Wildman–Crippen LogP) is 0.246. The molecule has 2 aromatic heterocycles. The molecule has 0 aliphatic carbocycles. The van der Waals surface area contributed by atoms with E-state index in [0.29, 0.717) is 18.7 Å². The molecule has 0 bridgehead atoms. The van der Waals surface area contributed by atoms with Crippen molar-refractivity contribution in [3.63, 3.8) is 0 Å². The number of aromatic nitrogens is 5. The standard InChI is InChI=1S/C14H19N7OS/c22-14(11-8-17-19-18-11)1-2-21(9-14)13-7-12(15-10-16-13)20-3-5-23-6-4-20/h7-8,10,22H,1-6,9H2,(H,17,18,19)/t14-/m0/s1. The van der Waals surface area contributed by atoms with Crippen LogP contribution >= 0.6 is 11.8 Å². The van der Waals surface area contributed by atoms with Crippen LogP contribution in [0.3, 0.4) is 0 Å². The van der Waals surface area contributed by atoms with Crippen LogP contribution in [0.25, 0.3) is 0 Å². The summed E-state index contributed by atoms with van der Waals surface area (Å²) in [5, 5.41) is 21.2. The average molecular weight is 333 g/mol. The van der Waals surface area contributed by atoms with Crippen LogP contribution in [0.15, 0.2) is 18.6 Å². The lowest BCUT2D eigenvalue weighted by molar-refractivity contribution is 0.0559. The Morgan fingerprint density at radius 2 is 1.91 bits per heavy atom. The molecular formula is C14H19N7OS. The Balaban J connectivity index is 1.52. The molecule has 4 rings (SSSR count). The highest BCUT2D eigenvalue weighted by atomic mass is 32.2. The molecule has 2 saturated heterocycles. The van der Waals surface area contributed by atoms with Crippen LogP contribution in [0.1, 0.15) is 12.1 Å². The molecule has 4 heterocycles. The van der Waals surface area contributed by atoms with Gasteiger partial charge in [0.1, 0.15) is 29.3 Å². The second-order valence-corrected chi connectivity index (χ2v) is 7.12. The van der Waals surface area contributed by atoms with Crippen molar-refractivity contribution < 1.29 is 5.11 Å². The van der Waals surface area contributed by atoms with E-state index in [1.807, 2.05) is 17.8 Å². The number of aromatic amines is 1. The van der Waals surface area contributed by atoms with Gasteiger partial charge in [0.25, 0.3) is 0 Å². The topological polar surface area (TPSA) is 94.1 Å². The Labute approximate surface area is 138 Å². The molecule has 2 aliphatic heterocycles. The third-order valence-corrected chi connectivity index (χ3v) is 5.38. The van der Waals surface area contributed by atoms with Crippen LogP contribution in [0.5, 0.6) is 0 Å². The summed E-state index contributed by atoms with van der Waals surface area (Å²) in [6.45, 7) is 3.23. The molecule has 8 nitrogen and oxygen atoms in total. The zero-order valence-electron chi connectivity index (χ0n) is 12.7. The van der Waals surface area contributed by atoms with E-state index in [-0.39, 0.29) is 0 Å². The van der Waals surface area contributed by atoms with E-state index in [2.05, 4.69) is 35.2 Å². The number of anilines is 2. The summed E-state index contributed by atoms with van der Waals surface area (Å²) in [5.41, 5.74) is -0.387. The number of nitrogens with zero attached hydrogens (tertiary/aromatic N) is 6. The summed E-state index contributed by atoms with van der Waals surface area (Å²) in [6, 6.07) is 2.02. The van der Waals surface area contributed by atoms with Crippen molar-refractivity contribution in [2.45, 2.75) is 12.0 Å². The fraction of sp³-hybridized carbons (Fsp3) is 0.571. The first-order valence-corrected chi connectivity index (χ1v) is 8.88. The van der Waals surface area contributed by atoms with Gasteiger partial charge in [0.05, 0.1) is 12.7 Å². The first-order valence-electron chi connectivity index (χ1n) is 7.73. The Bertz CT molecular complexity index is 661. The molecule has 23 heavy (non-hydrogen) atoms. The second-order valence-electron chi connectivity index (χ2n) is 5.89. The van der Waals surface area contributed by atoms with Gasteiger partial charge in [0.15, 0.2) is 0 Å². The Hall–Kier alpha value is -1.87. The SMILES string of the molecule is O[C@@]1(c2cn[nH]n2)CCN(c2cc(N3CCSCC3)ncn2)C1. The van der Waals surface area contributed by atoms with E-state index in [4.69, 9.17) is 0 Å². The second kappa shape index (κ2) is 5.97. The third-order valence-electron chi connectivity index (χ3n) is 4.44. The Morgan fingerprint density at radius 1 is 1.13 bits per heavy atom. The van der Waals surface area contributed by atoms with Gasteiger partial charge in [-0.25, -0.2) is 9.97 Å². The molecule has 0 saturated carbocycles. The normalized spacial score (nSPS) is 25.1. The number of β-amino-alcohol motifs (C(OH)–C–C–N with tert-alkyl or cyclic N) is 1. The monoisotopic (exact) mass is 333 g/mol. The van der Waals surface area contributed by atoms with Crippen LogP contribution in [0, 0.1) is 0 Å². The smallest absolute Gasteiger partial charge is 0.134 e. The van der Waals surface area contributed by atoms with Crippen molar-refractivity contribution in [1.29, 1.82) is 0 Å². The van der Waals surface area contributed by atoms with Gasteiger partial charge >= 0.3 is 0 Å². The fourth-order valence-electron chi connectivity index (χ4n) is 3.10. The zero-order chi connectivity index (χ0) is 15.7. The quantitative estimate of drug-likeness (QED) is 0.825. The fourth-order valence-corrected chi connectivity index (χ4v) is 4.00. The molecule has 0 aromatic carbocycles. The van der Waals surface area contributed by atoms with Crippen molar-refractivity contribution in [3.8, 4) is 0 Å². The number of hydrogen-bond acceptors (Lipinski definition) is 8. The molecule has 1 atom stereocenters. The first kappa shape index (κ1) is 14.7. The molecule has 2 aliphatic rings. The first-order chi connectivity index (χ1) is 11.2. The van der Waals surface area contributed by atoms with Gasteiger partial charge in [-0.3, -0.25) is 0 Å². The van der Waals surface area contributed by atoms with Crippen LogP contribution in [0.4, 0.5) is 11.6 Å². The number of nitrogens with one attached hydrogen (secondary N) is 1. The highest BCUT2D eigenvalue weighted by molar-refractivity contribution is 7.99. The van der Waals surface area contributed by atoms with Gasteiger partial charge < -0.3 is 14.9 Å². The van der Waals surface area contributed by atoms with E-state index >= 15 is 0 Å². The minimum Gasteiger partial charge on any atom is -0.381 e. The molecule has 9 heteroatoms. The number of hydrogen-bond donors (Lipinski definition) is 2. The predicted molar refractivity (Wildman–Crippen MR) is 88.7 cm³/mol. The maximum Gasteiger partial charge on any atom is 0.134 e. The maximum atomic E-state index is 10.8. The Kier molecular flexibility index (Phi) is 3.82. The van der Waals surface area contributed by atoms with Gasteiger partial charge in [0, 0.05) is 43.6 Å². The lowest BCUT2D eigenvalue weighted by Crippen LogP contribution is -2.34. The summed E-state index contributed by atoms with van der Waals surface area (Å²) in [6.07, 6.45) is 3.80. The molecular weight excluding hydrogens is 314 g/mol. The maximum absolute atomic E-state index is 10.8. The number of aliphatic hydroxyl groups is 1. The minimum absolute atomic E-state index is 0.464. The van der Waals surface area contributed by atoms with E-state index in [1.165, 1.54) is 0 Å². The molecule has 0 radical (unpaired) electrons. The van der Waals surface area contributed by atoms with Crippen LogP contribution in [-0.2, 0) is 5.60 Å². The molecule has 122 valence electrons. The van der Waals surface area contributed by atoms with E-state index < -0.39 is 5.60 Å². The summed E-state index contributed by atoms with van der Waals surface area (Å²) < 4.78 is 0. The van der Waals surface area contributed by atoms with Gasteiger partial charge in [-0.15, -0.1) is 0 Å². The minimum atomic E-state index is -0.972. The lowest BCUT2D eigenvalue weighted by Gasteiger charge is -2.28. The van der Waals surface area contributed by atoms with Crippen molar-refractivity contribution in [2.75, 3.05) is 47.5 Å². The van der Waals surface area contributed by atoms with Gasteiger partial charge in [-0.1, -0.05) is 0 Å². The van der Waals surface area contributed by atoms with Crippen molar-refractivity contribution >= 4 is 23.4 Å². The van der Waals surface area contributed by atoms with Crippen molar-refractivity contribution in [3.05, 3.63) is 24.3 Å². The number of rotatable bonds is 3. The van der Waals surface area contributed by atoms with Crippen LogP contribution in [-0.4, -0.2) is 68.2 Å². The largest absolute Gasteiger partial charge is 0.381 e. The molecule has 2 aromatic rings. The van der Waals surface area contributed by atoms with E-state index in [1.54, 1.807) is 12.5 Å². The average Bonchev–Trinajstić information content (AvgIpc) is 3.27. The summed E-state index contributed by atoms with van der Waals surface area (Å²) in [5.74, 6) is 4.09. The molecule has 0 spiro atoms. The van der Waals surface area contributed by atoms with Gasteiger partial charge in [-0.2, -0.15) is 27.2 Å². The number of thioether (sulfide) groups is 1. The van der Waals surface area contributed by atoms with Crippen molar-refractivity contribution in [1.82, 2.24) is 25.4 Å². The van der Waals surface area contributed by atoms with Gasteiger partial charge in [-0.05, 0) is 0 Å². The third kappa shape index (κ3) is 2.86. The number of H-pyrrole nitrogens is 1.